The van der Waals surface area contributed by atoms with E-state index in [1.165, 1.54) is 11.0 Å². The second kappa shape index (κ2) is 6.99. The van der Waals surface area contributed by atoms with Crippen LogP contribution in [0.4, 0.5) is 5.69 Å². The molecule has 0 aliphatic carbocycles. The van der Waals surface area contributed by atoms with E-state index < -0.39 is 0 Å². The van der Waals surface area contributed by atoms with Gasteiger partial charge in [0.25, 0.3) is 5.91 Å². The normalized spacial score (nSPS) is 13.3. The number of carbonyl (C=O) groups is 2. The average Bonchev–Trinajstić information content (AvgIpc) is 2.93. The molecule has 1 aliphatic heterocycles. The minimum absolute atomic E-state index is 0.00912. The van der Waals surface area contributed by atoms with Gasteiger partial charge in [-0.1, -0.05) is 6.58 Å². The lowest BCUT2D eigenvalue weighted by molar-refractivity contribution is -0.113. The van der Waals surface area contributed by atoms with Gasteiger partial charge < -0.3 is 9.80 Å². The molecule has 0 radical (unpaired) electrons. The zero-order chi connectivity index (χ0) is 18.1. The number of benzene rings is 1. The molecule has 0 unspecified atom stereocenters. The number of carbonyl (C=O) groups excluding carboxylic acids is 2. The second-order valence-corrected chi connectivity index (χ2v) is 7.02. The number of rotatable bonds is 3. The molecule has 1 aliphatic rings. The van der Waals surface area contributed by atoms with E-state index in [0.29, 0.717) is 25.2 Å². The monoisotopic (exact) mass is 450 g/mol. The number of hydrogen-bond donors (Lipinski definition) is 0. The molecule has 0 bridgehead atoms. The molecule has 2 aromatic rings. The Balaban J connectivity index is 1.77. The van der Waals surface area contributed by atoms with Crippen LogP contribution in [0.25, 0.3) is 0 Å². The molecule has 0 N–H and O–H groups in total. The molecule has 130 valence electrons. The van der Waals surface area contributed by atoms with Crippen LogP contribution in [-0.2, 0) is 17.9 Å². The van der Waals surface area contributed by atoms with E-state index in [2.05, 4.69) is 34.3 Å². The molecular weight excluding hydrogens is 431 g/mol. The molecule has 0 saturated carbocycles. The predicted octanol–water partition coefficient (Wildman–Crippen LogP) is 2.60. The fourth-order valence-electron chi connectivity index (χ4n) is 2.87. The van der Waals surface area contributed by atoms with E-state index in [-0.39, 0.29) is 11.8 Å². The Morgan fingerprint density at radius 1 is 1.28 bits per heavy atom. The third-order valence-corrected chi connectivity index (χ3v) is 5.77. The highest BCUT2D eigenvalue weighted by atomic mass is 127. The Labute approximate surface area is 160 Å². The van der Waals surface area contributed by atoms with E-state index in [0.717, 1.165) is 20.6 Å². The van der Waals surface area contributed by atoms with Gasteiger partial charge >= 0.3 is 0 Å². The van der Waals surface area contributed by atoms with Crippen LogP contribution >= 0.6 is 22.6 Å². The highest BCUT2D eigenvalue weighted by Crippen LogP contribution is 2.23. The Bertz CT molecular complexity index is 842. The number of likely N-dealkylation sites (N-methyl/N-ethyl adjacent to an activating group) is 1. The standard InChI is InChI=1S/C18H19IN4O2/c1-4-16(24)21(3)14-7-5-13(6-8-14)18(25)22-9-10-23-15(11-22)17(19)12(2)20-23/h4-8H,1,9-11H2,2-3H3. The van der Waals surface area contributed by atoms with Crippen LogP contribution in [0.3, 0.4) is 0 Å². The highest BCUT2D eigenvalue weighted by molar-refractivity contribution is 14.1. The summed E-state index contributed by atoms with van der Waals surface area (Å²) in [7, 11) is 1.68. The first-order valence-electron chi connectivity index (χ1n) is 7.93. The van der Waals surface area contributed by atoms with E-state index in [9.17, 15) is 9.59 Å². The molecule has 0 spiro atoms. The number of aryl methyl sites for hydroxylation is 1. The summed E-state index contributed by atoms with van der Waals surface area (Å²) >= 11 is 2.29. The Morgan fingerprint density at radius 3 is 2.60 bits per heavy atom. The summed E-state index contributed by atoms with van der Waals surface area (Å²) in [6.45, 7) is 7.38. The van der Waals surface area contributed by atoms with Crippen molar-refractivity contribution in [1.82, 2.24) is 14.7 Å². The Kier molecular flexibility index (Phi) is 4.94. The van der Waals surface area contributed by atoms with Crippen molar-refractivity contribution in [3.63, 3.8) is 0 Å². The highest BCUT2D eigenvalue weighted by Gasteiger charge is 2.25. The minimum atomic E-state index is -0.187. The van der Waals surface area contributed by atoms with E-state index >= 15 is 0 Å². The van der Waals surface area contributed by atoms with Crippen LogP contribution in [0.15, 0.2) is 36.9 Å². The lowest BCUT2D eigenvalue weighted by Crippen LogP contribution is -2.38. The zero-order valence-corrected chi connectivity index (χ0v) is 16.4. The van der Waals surface area contributed by atoms with Gasteiger partial charge in [0.05, 0.1) is 28.0 Å². The van der Waals surface area contributed by atoms with Crippen molar-refractivity contribution in [3.8, 4) is 0 Å². The Hall–Kier alpha value is -2.16. The third-order valence-electron chi connectivity index (χ3n) is 4.37. The summed E-state index contributed by atoms with van der Waals surface area (Å²) in [4.78, 5) is 27.8. The van der Waals surface area contributed by atoms with Crippen LogP contribution in [0.2, 0.25) is 0 Å². The summed E-state index contributed by atoms with van der Waals surface area (Å²) in [5.41, 5.74) is 3.43. The molecule has 0 saturated heterocycles. The van der Waals surface area contributed by atoms with Crippen molar-refractivity contribution in [2.24, 2.45) is 0 Å². The summed E-state index contributed by atoms with van der Waals surface area (Å²) < 4.78 is 3.11. The van der Waals surface area contributed by atoms with E-state index in [1.54, 1.807) is 31.3 Å². The van der Waals surface area contributed by atoms with Crippen molar-refractivity contribution in [1.29, 1.82) is 0 Å². The maximum absolute atomic E-state index is 12.8. The van der Waals surface area contributed by atoms with Crippen LogP contribution in [-0.4, -0.2) is 40.1 Å². The van der Waals surface area contributed by atoms with Crippen molar-refractivity contribution >= 4 is 40.1 Å². The Morgan fingerprint density at radius 2 is 1.96 bits per heavy atom. The average molecular weight is 450 g/mol. The first-order valence-corrected chi connectivity index (χ1v) is 9.01. The number of nitrogens with zero attached hydrogens (tertiary/aromatic N) is 4. The fraction of sp³-hybridized carbons (Fsp3) is 0.278. The SMILES string of the molecule is C=CC(=O)N(C)c1ccc(C(=O)N2CCn3nc(C)c(I)c3C2)cc1. The van der Waals surface area contributed by atoms with Crippen LogP contribution in [0.5, 0.6) is 0 Å². The molecule has 1 aromatic heterocycles. The molecule has 25 heavy (non-hydrogen) atoms. The van der Waals surface area contributed by atoms with Crippen molar-refractivity contribution in [3.05, 3.63) is 57.4 Å². The predicted molar refractivity (Wildman–Crippen MR) is 104 cm³/mol. The van der Waals surface area contributed by atoms with Gasteiger partial charge in [0.1, 0.15) is 0 Å². The zero-order valence-electron chi connectivity index (χ0n) is 14.2. The van der Waals surface area contributed by atoms with Gasteiger partial charge in [-0.15, -0.1) is 0 Å². The van der Waals surface area contributed by atoms with Crippen LogP contribution in [0.1, 0.15) is 21.7 Å². The second-order valence-electron chi connectivity index (χ2n) is 5.94. The quantitative estimate of drug-likeness (QED) is 0.534. The van der Waals surface area contributed by atoms with Gasteiger partial charge in [-0.3, -0.25) is 14.3 Å². The minimum Gasteiger partial charge on any atom is -0.331 e. The molecule has 2 amide bonds. The van der Waals surface area contributed by atoms with Crippen LogP contribution in [0, 0.1) is 10.5 Å². The maximum atomic E-state index is 12.8. The van der Waals surface area contributed by atoms with E-state index in [1.807, 2.05) is 16.5 Å². The lowest BCUT2D eigenvalue weighted by Gasteiger charge is -2.28. The summed E-state index contributed by atoms with van der Waals surface area (Å²) in [6.07, 6.45) is 1.26. The number of hydrogen-bond acceptors (Lipinski definition) is 3. The van der Waals surface area contributed by atoms with E-state index in [4.69, 9.17) is 0 Å². The number of aromatic nitrogens is 2. The maximum Gasteiger partial charge on any atom is 0.254 e. The van der Waals surface area contributed by atoms with Crippen molar-refractivity contribution < 1.29 is 9.59 Å². The topological polar surface area (TPSA) is 58.4 Å². The van der Waals surface area contributed by atoms with Gasteiger partial charge in [-0.2, -0.15) is 5.10 Å². The lowest BCUT2D eigenvalue weighted by atomic mass is 10.1. The number of fused-ring (bicyclic) bond motifs is 1. The number of amides is 2. The fourth-order valence-corrected chi connectivity index (χ4v) is 3.42. The van der Waals surface area contributed by atoms with Crippen LogP contribution < -0.4 is 4.90 Å². The number of anilines is 1. The molecule has 0 atom stereocenters. The van der Waals surface area contributed by atoms with Gasteiger partial charge in [0, 0.05) is 24.8 Å². The molecular formula is C18H19IN4O2. The van der Waals surface area contributed by atoms with Gasteiger partial charge in [0.15, 0.2) is 0 Å². The smallest absolute Gasteiger partial charge is 0.254 e. The summed E-state index contributed by atoms with van der Waals surface area (Å²) in [5, 5.41) is 4.50. The largest absolute Gasteiger partial charge is 0.331 e. The summed E-state index contributed by atoms with van der Waals surface area (Å²) in [6, 6.07) is 7.06. The van der Waals surface area contributed by atoms with Crippen molar-refractivity contribution in [2.45, 2.75) is 20.0 Å². The molecule has 7 heteroatoms. The summed E-state index contributed by atoms with van der Waals surface area (Å²) in [5.74, 6) is -0.196. The van der Waals surface area contributed by atoms with Gasteiger partial charge in [0.2, 0.25) is 5.91 Å². The molecule has 6 nitrogen and oxygen atoms in total. The first kappa shape index (κ1) is 17.7. The molecule has 2 heterocycles. The van der Waals surface area contributed by atoms with Gasteiger partial charge in [-0.05, 0) is 59.9 Å². The third kappa shape index (κ3) is 3.33. The molecule has 0 fully saturated rings. The molecule has 1 aromatic carbocycles. The molecule has 3 rings (SSSR count). The van der Waals surface area contributed by atoms with Gasteiger partial charge in [-0.25, -0.2) is 0 Å². The first-order chi connectivity index (χ1) is 11.9. The van der Waals surface area contributed by atoms with Crippen molar-refractivity contribution in [2.75, 3.05) is 18.5 Å². The number of halogens is 1.